The van der Waals surface area contributed by atoms with Gasteiger partial charge in [-0.1, -0.05) is 78.5 Å². The molecule has 4 saturated carbocycles. The number of aryl methyl sites for hydroxylation is 2. The average Bonchev–Trinajstić information content (AvgIpc) is 3.72. The Kier molecular flexibility index (Phi) is 11.7. The molecule has 282 valence electrons. The first-order valence-electron chi connectivity index (χ1n) is 19.8. The molecule has 4 aromatic rings. The second-order valence-electron chi connectivity index (χ2n) is 18.7. The first-order valence-corrected chi connectivity index (χ1v) is 21.2. The number of allylic oxidation sites excluding steroid dienone is 4. The molecule has 0 saturated heterocycles. The largest absolute Gasteiger partial charge is 1.00 e. The molecule has 0 radical (unpaired) electrons. The van der Waals surface area contributed by atoms with Gasteiger partial charge in [0.05, 0.1) is 0 Å². The first kappa shape index (κ1) is 41.4. The normalized spacial score (nSPS) is 24.9. The van der Waals surface area contributed by atoms with E-state index < -0.39 is 0 Å². The van der Waals surface area contributed by atoms with Crippen molar-refractivity contribution in [3.8, 4) is 11.1 Å². The van der Waals surface area contributed by atoms with Gasteiger partial charge in [0.25, 0.3) is 0 Å². The Morgan fingerprint density at radius 1 is 0.759 bits per heavy atom. The summed E-state index contributed by atoms with van der Waals surface area (Å²) in [5.41, 5.74) is 21.0. The quantitative estimate of drug-likeness (QED) is 0.177. The van der Waals surface area contributed by atoms with Crippen molar-refractivity contribution in [3.05, 3.63) is 134 Å². The Hall–Kier alpha value is -2.25. The predicted octanol–water partition coefficient (Wildman–Crippen LogP) is 6.76. The summed E-state index contributed by atoms with van der Waals surface area (Å²) in [6.45, 7) is 18.2. The van der Waals surface area contributed by atoms with E-state index in [9.17, 15) is 4.39 Å². The van der Waals surface area contributed by atoms with E-state index in [1.165, 1.54) is 104 Å². The van der Waals surface area contributed by atoms with E-state index in [1.54, 1.807) is 61.8 Å². The number of fused-ring (bicyclic) bond motifs is 5. The Labute approximate surface area is 352 Å². The molecule has 4 bridgehead atoms. The summed E-state index contributed by atoms with van der Waals surface area (Å²) in [7, 11) is 0. The van der Waals surface area contributed by atoms with Gasteiger partial charge in [0, 0.05) is 5.41 Å². The molecule has 0 aromatic heterocycles. The van der Waals surface area contributed by atoms with E-state index in [1.807, 2.05) is 3.71 Å². The molecule has 0 heterocycles. The summed E-state index contributed by atoms with van der Waals surface area (Å²) >= 11 is 1.34. The van der Waals surface area contributed by atoms with E-state index in [2.05, 4.69) is 104 Å². The molecule has 4 fully saturated rings. The molecule has 0 nitrogen and oxygen atoms in total. The molecule has 4 aromatic carbocycles. The van der Waals surface area contributed by atoms with Gasteiger partial charge in [-0.3, -0.25) is 6.08 Å². The summed E-state index contributed by atoms with van der Waals surface area (Å²) in [6.07, 6.45) is 17.9. The fraction of sp³-hybridized carbons (Fsp3) is 0.440. The minimum absolute atomic E-state index is 0. The van der Waals surface area contributed by atoms with Crippen LogP contribution >= 0.6 is 0 Å². The third kappa shape index (κ3) is 7.72. The van der Waals surface area contributed by atoms with Crippen LogP contribution in [-0.4, -0.2) is 3.71 Å². The van der Waals surface area contributed by atoms with Gasteiger partial charge in [-0.05, 0) is 120 Å². The van der Waals surface area contributed by atoms with Crippen molar-refractivity contribution in [2.45, 2.75) is 118 Å². The zero-order chi connectivity index (χ0) is 36.7. The summed E-state index contributed by atoms with van der Waals surface area (Å²) in [5, 5.41) is 0. The van der Waals surface area contributed by atoms with Crippen LogP contribution in [0, 0.1) is 48.9 Å². The van der Waals surface area contributed by atoms with Gasteiger partial charge in [0.15, 0.2) is 0 Å². The van der Waals surface area contributed by atoms with E-state index in [0.717, 1.165) is 29.7 Å². The summed E-state index contributed by atoms with van der Waals surface area (Å²) in [4.78, 5) is 0. The molecule has 0 unspecified atom stereocenters. The van der Waals surface area contributed by atoms with Crippen LogP contribution in [0.1, 0.15) is 136 Å². The second kappa shape index (κ2) is 15.3. The standard InChI is InChI=1S/C25H25.C18H25.C7H5F.2ClH.Zr/c1-14-12-24(3,4)22-8-16-7-17-9-23-19(15(2)13-25(23,5)6)11-21(17)20(16)10-18(14)22;1-12-3-13(2)17(4-12)11-18-8-14-5-15(9-18)7-16(6-14)10-18;1-6-2-4-7(8)5-3-6;;;/h8-12H,7H2,1-6H3;3-4,14-16H,5-11H2,1-2H3;1-5H;2*1H;/q2*-1;;;;+2/p-2. The van der Waals surface area contributed by atoms with Gasteiger partial charge in [0.1, 0.15) is 0 Å². The van der Waals surface area contributed by atoms with Gasteiger partial charge in [0.2, 0.25) is 0 Å². The summed E-state index contributed by atoms with van der Waals surface area (Å²) in [6, 6.07) is 21.1. The average molecular weight is 837 g/mol. The van der Waals surface area contributed by atoms with Crippen LogP contribution in [0.5, 0.6) is 0 Å². The first-order chi connectivity index (χ1) is 24.6. The molecule has 7 aliphatic carbocycles. The zero-order valence-electron chi connectivity index (χ0n) is 33.5. The van der Waals surface area contributed by atoms with Crippen molar-refractivity contribution in [1.29, 1.82) is 0 Å². The maximum absolute atomic E-state index is 12.2. The van der Waals surface area contributed by atoms with Gasteiger partial charge >= 0.3 is 68.0 Å². The number of hydrogen-bond donors (Lipinski definition) is 0. The minimum Gasteiger partial charge on any atom is -1.00 e. The minimum atomic E-state index is -0.170. The van der Waals surface area contributed by atoms with E-state index in [0.29, 0.717) is 5.41 Å². The topological polar surface area (TPSA) is 0 Å². The van der Waals surface area contributed by atoms with E-state index >= 15 is 0 Å². The van der Waals surface area contributed by atoms with Gasteiger partial charge < -0.3 is 24.8 Å². The molecule has 0 atom stereocenters. The molecule has 4 heteroatoms. The van der Waals surface area contributed by atoms with Gasteiger partial charge in [-0.2, -0.15) is 28.3 Å². The maximum Gasteiger partial charge on any atom is -1.00 e. The van der Waals surface area contributed by atoms with Crippen LogP contribution in [-0.2, 0) is 47.9 Å². The molecule has 0 spiro atoms. The predicted molar refractivity (Wildman–Crippen MR) is 214 cm³/mol. The molecule has 0 aliphatic heterocycles. The van der Waals surface area contributed by atoms with Crippen LogP contribution in [0.2, 0.25) is 0 Å². The number of rotatable bonds is 3. The van der Waals surface area contributed by atoms with Crippen molar-refractivity contribution in [2.24, 2.45) is 23.2 Å². The Morgan fingerprint density at radius 2 is 1.31 bits per heavy atom. The Bertz CT molecular complexity index is 2020. The van der Waals surface area contributed by atoms with Crippen molar-refractivity contribution in [3.63, 3.8) is 0 Å². The van der Waals surface area contributed by atoms with Crippen LogP contribution in [0.4, 0.5) is 4.39 Å². The SMILES string of the molecule is CC1=[C-]C(C)(C)c2cc3c(cc21)-c1cc2c(cc1C3)C(C)(C)C=C2C.Cc1cc(CC23CC4CC(CC(C4)C2)C3)c(C)[cH-]1.Fc1ccc([CH]=[Zr+2])cc1.[Cl-].[Cl-]. The third-order valence-corrected chi connectivity index (χ3v) is 14.4. The summed E-state index contributed by atoms with van der Waals surface area (Å²) in [5.74, 6) is 3.10. The molecule has 0 amide bonds. The number of halogens is 3. The second-order valence-corrected chi connectivity index (χ2v) is 19.5. The molecular weight excluding hydrogens is 782 g/mol. The fourth-order valence-electron chi connectivity index (χ4n) is 11.8. The van der Waals surface area contributed by atoms with Crippen molar-refractivity contribution in [1.82, 2.24) is 0 Å². The summed E-state index contributed by atoms with van der Waals surface area (Å²) < 4.78 is 14.2. The van der Waals surface area contributed by atoms with Crippen LogP contribution in [0.15, 0.2) is 66.7 Å². The van der Waals surface area contributed by atoms with Crippen molar-refractivity contribution < 1.29 is 53.4 Å². The van der Waals surface area contributed by atoms with Crippen LogP contribution < -0.4 is 24.8 Å². The molecule has 11 rings (SSSR count). The molecular formula is C50H55Cl2FZr-2. The molecule has 0 N–H and O–H groups in total. The third-order valence-electron chi connectivity index (χ3n) is 13.6. The molecule has 54 heavy (non-hydrogen) atoms. The number of hydrogen-bond acceptors (Lipinski definition) is 0. The fourth-order valence-corrected chi connectivity index (χ4v) is 12.3. The van der Waals surface area contributed by atoms with E-state index in [-0.39, 0.29) is 41.5 Å². The monoisotopic (exact) mass is 834 g/mol. The maximum atomic E-state index is 12.2. The van der Waals surface area contributed by atoms with Gasteiger partial charge in [-0.25, -0.2) is 11.6 Å². The van der Waals surface area contributed by atoms with Crippen molar-refractivity contribution in [2.75, 3.05) is 0 Å². The Balaban J connectivity index is 0.000000150. The number of benzene rings is 3. The molecule has 7 aliphatic rings. The van der Waals surface area contributed by atoms with E-state index in [4.69, 9.17) is 0 Å². The Morgan fingerprint density at radius 3 is 1.85 bits per heavy atom. The smallest absolute Gasteiger partial charge is 1.00 e. The van der Waals surface area contributed by atoms with Crippen LogP contribution in [0.3, 0.4) is 0 Å². The van der Waals surface area contributed by atoms with Gasteiger partial charge in [-0.15, -0.1) is 11.6 Å². The zero-order valence-corrected chi connectivity index (χ0v) is 37.4. The van der Waals surface area contributed by atoms with Crippen molar-refractivity contribution >= 4 is 14.9 Å². The van der Waals surface area contributed by atoms with Crippen LogP contribution in [0.25, 0.3) is 22.3 Å².